The maximum absolute atomic E-state index is 11.6. The van der Waals surface area contributed by atoms with Gasteiger partial charge in [0.1, 0.15) is 11.7 Å². The van der Waals surface area contributed by atoms with Crippen molar-refractivity contribution in [1.29, 1.82) is 0 Å². The molecule has 1 atom stereocenters. The van der Waals surface area contributed by atoms with Gasteiger partial charge in [-0.05, 0) is 46.0 Å². The fourth-order valence-corrected chi connectivity index (χ4v) is 2.17. The highest BCUT2D eigenvalue weighted by molar-refractivity contribution is 5.97. The van der Waals surface area contributed by atoms with Crippen molar-refractivity contribution in [2.45, 2.75) is 52.4 Å². The fourth-order valence-electron chi connectivity index (χ4n) is 2.17. The lowest BCUT2D eigenvalue weighted by Crippen LogP contribution is -2.23. The Balaban J connectivity index is 2.54. The van der Waals surface area contributed by atoms with E-state index in [1.54, 1.807) is 6.92 Å². The van der Waals surface area contributed by atoms with Crippen LogP contribution >= 0.6 is 0 Å². The van der Waals surface area contributed by atoms with E-state index in [0.29, 0.717) is 13.0 Å². The number of rotatable bonds is 5. The van der Waals surface area contributed by atoms with E-state index >= 15 is 0 Å². The second-order valence-corrected chi connectivity index (χ2v) is 4.57. The SMILES string of the molecule is CCOC(=O)C(CC=C1CCCCC1)C(C)=O. The number of hydrogen-bond acceptors (Lipinski definition) is 3. The van der Waals surface area contributed by atoms with E-state index in [4.69, 9.17) is 4.74 Å². The molecule has 0 amide bonds. The highest BCUT2D eigenvalue weighted by Gasteiger charge is 2.23. The molecule has 0 radical (unpaired) electrons. The van der Waals surface area contributed by atoms with Gasteiger partial charge in [-0.2, -0.15) is 0 Å². The summed E-state index contributed by atoms with van der Waals surface area (Å²) in [4.78, 5) is 23.0. The highest BCUT2D eigenvalue weighted by Crippen LogP contribution is 2.24. The third-order valence-corrected chi connectivity index (χ3v) is 3.20. The van der Waals surface area contributed by atoms with Crippen molar-refractivity contribution in [3.05, 3.63) is 11.6 Å². The molecule has 0 aromatic carbocycles. The summed E-state index contributed by atoms with van der Waals surface area (Å²) < 4.78 is 4.92. The van der Waals surface area contributed by atoms with E-state index in [0.717, 1.165) is 12.8 Å². The molecular weight excluding hydrogens is 216 g/mol. The summed E-state index contributed by atoms with van der Waals surface area (Å²) in [6.07, 6.45) is 8.57. The molecule has 3 heteroatoms. The number of ether oxygens (including phenoxy) is 1. The van der Waals surface area contributed by atoms with Crippen LogP contribution in [-0.4, -0.2) is 18.4 Å². The van der Waals surface area contributed by atoms with Crippen LogP contribution in [0.15, 0.2) is 11.6 Å². The second-order valence-electron chi connectivity index (χ2n) is 4.57. The summed E-state index contributed by atoms with van der Waals surface area (Å²) in [5, 5.41) is 0. The molecule has 1 aliphatic carbocycles. The molecule has 0 aromatic rings. The predicted octanol–water partition coefficient (Wildman–Crippen LogP) is 3.04. The maximum atomic E-state index is 11.6. The van der Waals surface area contributed by atoms with Gasteiger partial charge in [0.15, 0.2) is 0 Å². The number of allylic oxidation sites excluding steroid dienone is 2. The molecule has 0 aromatic heterocycles. The standard InChI is InChI=1S/C14H22O3/c1-3-17-14(16)13(11(2)15)10-9-12-7-5-4-6-8-12/h9,13H,3-8,10H2,1-2H3. The van der Waals surface area contributed by atoms with Gasteiger partial charge in [-0.3, -0.25) is 9.59 Å². The zero-order chi connectivity index (χ0) is 12.7. The van der Waals surface area contributed by atoms with Gasteiger partial charge in [0.05, 0.1) is 6.61 Å². The topological polar surface area (TPSA) is 43.4 Å². The van der Waals surface area contributed by atoms with Crippen molar-refractivity contribution in [2.24, 2.45) is 5.92 Å². The number of Topliss-reactive ketones (excluding diaryl/α,β-unsaturated/α-hetero) is 1. The minimum absolute atomic E-state index is 0.101. The first-order chi connectivity index (χ1) is 8.15. The summed E-state index contributed by atoms with van der Waals surface area (Å²) in [6.45, 7) is 3.55. The van der Waals surface area contributed by atoms with Gasteiger partial charge in [-0.25, -0.2) is 0 Å². The van der Waals surface area contributed by atoms with E-state index < -0.39 is 5.92 Å². The predicted molar refractivity (Wildman–Crippen MR) is 66.6 cm³/mol. The van der Waals surface area contributed by atoms with Crippen molar-refractivity contribution in [3.8, 4) is 0 Å². The van der Waals surface area contributed by atoms with Crippen LogP contribution in [0.1, 0.15) is 52.4 Å². The van der Waals surface area contributed by atoms with E-state index in [9.17, 15) is 9.59 Å². The van der Waals surface area contributed by atoms with E-state index in [1.165, 1.54) is 31.8 Å². The van der Waals surface area contributed by atoms with Crippen LogP contribution in [-0.2, 0) is 14.3 Å². The van der Waals surface area contributed by atoms with Crippen molar-refractivity contribution >= 4 is 11.8 Å². The summed E-state index contributed by atoms with van der Waals surface area (Å²) in [5.41, 5.74) is 1.40. The minimum atomic E-state index is -0.607. The molecule has 0 saturated heterocycles. The Bertz CT molecular complexity index is 297. The molecule has 0 bridgehead atoms. The zero-order valence-corrected chi connectivity index (χ0v) is 10.8. The third-order valence-electron chi connectivity index (χ3n) is 3.20. The van der Waals surface area contributed by atoms with Gasteiger partial charge < -0.3 is 4.74 Å². The molecule has 96 valence electrons. The quantitative estimate of drug-likeness (QED) is 0.420. The number of hydrogen-bond donors (Lipinski definition) is 0. The van der Waals surface area contributed by atoms with Crippen molar-refractivity contribution < 1.29 is 14.3 Å². The molecule has 1 unspecified atom stereocenters. The molecule has 17 heavy (non-hydrogen) atoms. The lowest BCUT2D eigenvalue weighted by molar-refractivity contribution is -0.150. The Morgan fingerprint density at radius 1 is 1.29 bits per heavy atom. The summed E-state index contributed by atoms with van der Waals surface area (Å²) >= 11 is 0. The molecular formula is C14H22O3. The number of carbonyl (C=O) groups excluding carboxylic acids is 2. The first-order valence-corrected chi connectivity index (χ1v) is 6.50. The van der Waals surface area contributed by atoms with E-state index in [1.807, 2.05) is 0 Å². The molecule has 1 fully saturated rings. The van der Waals surface area contributed by atoms with Crippen molar-refractivity contribution in [3.63, 3.8) is 0 Å². The Morgan fingerprint density at radius 2 is 1.94 bits per heavy atom. The minimum Gasteiger partial charge on any atom is -0.465 e. The molecule has 1 rings (SSSR count). The molecule has 1 aliphatic rings. The smallest absolute Gasteiger partial charge is 0.316 e. The molecule has 0 heterocycles. The fraction of sp³-hybridized carbons (Fsp3) is 0.714. The summed E-state index contributed by atoms with van der Waals surface area (Å²) in [6, 6.07) is 0. The third kappa shape index (κ3) is 4.72. The van der Waals surface area contributed by atoms with Crippen LogP contribution in [0.25, 0.3) is 0 Å². The summed E-state index contributed by atoms with van der Waals surface area (Å²) in [7, 11) is 0. The van der Waals surface area contributed by atoms with Crippen LogP contribution in [0.3, 0.4) is 0 Å². The molecule has 0 aliphatic heterocycles. The Hall–Kier alpha value is -1.12. The number of esters is 1. The molecule has 3 nitrogen and oxygen atoms in total. The van der Waals surface area contributed by atoms with Crippen molar-refractivity contribution in [1.82, 2.24) is 0 Å². The zero-order valence-electron chi connectivity index (χ0n) is 10.8. The largest absolute Gasteiger partial charge is 0.465 e. The average Bonchev–Trinajstić information content (AvgIpc) is 2.30. The van der Waals surface area contributed by atoms with Crippen LogP contribution < -0.4 is 0 Å². The number of ketones is 1. The van der Waals surface area contributed by atoms with E-state index in [-0.39, 0.29) is 11.8 Å². The highest BCUT2D eigenvalue weighted by atomic mass is 16.5. The Labute approximate surface area is 103 Å². The molecule has 1 saturated carbocycles. The lowest BCUT2D eigenvalue weighted by atomic mass is 9.92. The lowest BCUT2D eigenvalue weighted by Gasteiger charge is -2.15. The normalized spacial score (nSPS) is 17.4. The second kappa shape index (κ2) is 7.25. The average molecular weight is 238 g/mol. The monoisotopic (exact) mass is 238 g/mol. The Morgan fingerprint density at radius 3 is 2.47 bits per heavy atom. The van der Waals surface area contributed by atoms with Crippen LogP contribution in [0.5, 0.6) is 0 Å². The van der Waals surface area contributed by atoms with Gasteiger partial charge in [0.25, 0.3) is 0 Å². The summed E-state index contributed by atoms with van der Waals surface area (Å²) in [5.74, 6) is -1.09. The van der Waals surface area contributed by atoms with Gasteiger partial charge in [0, 0.05) is 0 Å². The van der Waals surface area contributed by atoms with Gasteiger partial charge in [-0.15, -0.1) is 0 Å². The maximum Gasteiger partial charge on any atom is 0.316 e. The Kier molecular flexibility index (Phi) is 5.95. The number of carbonyl (C=O) groups is 2. The van der Waals surface area contributed by atoms with E-state index in [2.05, 4.69) is 6.08 Å². The first-order valence-electron chi connectivity index (χ1n) is 6.50. The molecule has 0 spiro atoms. The first kappa shape index (κ1) is 13.9. The van der Waals surface area contributed by atoms with Crippen LogP contribution in [0.2, 0.25) is 0 Å². The van der Waals surface area contributed by atoms with Gasteiger partial charge in [-0.1, -0.05) is 18.1 Å². The van der Waals surface area contributed by atoms with Gasteiger partial charge >= 0.3 is 5.97 Å². The van der Waals surface area contributed by atoms with Crippen LogP contribution in [0, 0.1) is 5.92 Å². The van der Waals surface area contributed by atoms with Gasteiger partial charge in [0.2, 0.25) is 0 Å². The van der Waals surface area contributed by atoms with Crippen molar-refractivity contribution in [2.75, 3.05) is 6.61 Å². The molecule has 0 N–H and O–H groups in total. The van der Waals surface area contributed by atoms with Crippen LogP contribution in [0.4, 0.5) is 0 Å².